The van der Waals surface area contributed by atoms with Crippen LogP contribution in [0, 0.1) is 18.3 Å². The number of carbonyl (C=O) groups is 1. The lowest BCUT2D eigenvalue weighted by molar-refractivity contribution is -0.134. The summed E-state index contributed by atoms with van der Waals surface area (Å²) in [4.78, 5) is 15.3. The number of likely N-dealkylation sites (tertiary alicyclic amines) is 1. The fraction of sp³-hybridized carbons (Fsp3) is 0.650. The summed E-state index contributed by atoms with van der Waals surface area (Å²) in [5.74, 6) is 0.782. The Morgan fingerprint density at radius 3 is 2.87 bits per heavy atom. The van der Waals surface area contributed by atoms with E-state index in [9.17, 15) is 4.79 Å². The second-order valence-electron chi connectivity index (χ2n) is 7.83. The molecule has 2 heterocycles. The molecule has 2 unspecified atom stereocenters. The second kappa shape index (κ2) is 5.94. The molecular weight excluding hydrogens is 284 g/mol. The van der Waals surface area contributed by atoms with Crippen molar-refractivity contribution in [1.82, 2.24) is 10.2 Å². The van der Waals surface area contributed by atoms with Gasteiger partial charge in [0.25, 0.3) is 0 Å². The van der Waals surface area contributed by atoms with Gasteiger partial charge in [0, 0.05) is 18.5 Å². The van der Waals surface area contributed by atoms with Gasteiger partial charge in [-0.05, 0) is 75.1 Å². The Kier molecular flexibility index (Phi) is 3.92. The Hall–Kier alpha value is -1.35. The minimum Gasteiger partial charge on any atom is -0.339 e. The summed E-state index contributed by atoms with van der Waals surface area (Å²) in [6, 6.07) is 9.04. The molecule has 1 aliphatic carbocycles. The minimum atomic E-state index is 0.321. The molecule has 0 bridgehead atoms. The SMILES string of the molecule is Cc1ccccc1CC1CCCN1C(=O)C1CC12CCNCC2. The molecule has 1 N–H and O–H groups in total. The molecule has 1 aromatic rings. The Labute approximate surface area is 139 Å². The molecule has 0 radical (unpaired) electrons. The molecule has 3 heteroatoms. The van der Waals surface area contributed by atoms with E-state index >= 15 is 0 Å². The van der Waals surface area contributed by atoms with Crippen LogP contribution in [0.3, 0.4) is 0 Å². The summed E-state index contributed by atoms with van der Waals surface area (Å²) in [5.41, 5.74) is 3.12. The summed E-state index contributed by atoms with van der Waals surface area (Å²) in [6.07, 6.45) is 6.89. The van der Waals surface area contributed by atoms with Gasteiger partial charge in [0.2, 0.25) is 5.91 Å². The fourth-order valence-corrected chi connectivity index (χ4v) is 4.81. The Balaban J connectivity index is 1.44. The number of amides is 1. The van der Waals surface area contributed by atoms with Gasteiger partial charge in [0.1, 0.15) is 0 Å². The highest BCUT2D eigenvalue weighted by Crippen LogP contribution is 2.59. The number of aryl methyl sites for hydroxylation is 1. The lowest BCUT2D eigenvalue weighted by atomic mass is 9.91. The third kappa shape index (κ3) is 2.80. The zero-order chi connectivity index (χ0) is 15.9. The predicted octanol–water partition coefficient (Wildman–Crippen LogP) is 2.92. The average molecular weight is 312 g/mol. The highest BCUT2D eigenvalue weighted by molar-refractivity contribution is 5.83. The fourth-order valence-electron chi connectivity index (χ4n) is 4.81. The third-order valence-electron chi connectivity index (χ3n) is 6.46. The van der Waals surface area contributed by atoms with Crippen LogP contribution in [0.1, 0.15) is 43.2 Å². The van der Waals surface area contributed by atoms with Gasteiger partial charge in [-0.3, -0.25) is 4.79 Å². The van der Waals surface area contributed by atoms with Gasteiger partial charge in [0.15, 0.2) is 0 Å². The van der Waals surface area contributed by atoms with Gasteiger partial charge in [0.05, 0.1) is 0 Å². The van der Waals surface area contributed by atoms with E-state index in [0.717, 1.165) is 32.5 Å². The number of carbonyl (C=O) groups excluding carboxylic acids is 1. The first-order valence-corrected chi connectivity index (χ1v) is 9.25. The molecule has 124 valence electrons. The molecule has 23 heavy (non-hydrogen) atoms. The van der Waals surface area contributed by atoms with Gasteiger partial charge in [-0.15, -0.1) is 0 Å². The van der Waals surface area contributed by atoms with Crippen LogP contribution in [-0.2, 0) is 11.2 Å². The first kappa shape index (κ1) is 15.2. The maximum Gasteiger partial charge on any atom is 0.226 e. The highest BCUT2D eigenvalue weighted by Gasteiger charge is 2.59. The van der Waals surface area contributed by atoms with Gasteiger partial charge in [-0.1, -0.05) is 24.3 Å². The first-order chi connectivity index (χ1) is 11.2. The van der Waals surface area contributed by atoms with Crippen LogP contribution in [0.25, 0.3) is 0 Å². The van der Waals surface area contributed by atoms with Crippen LogP contribution in [-0.4, -0.2) is 36.5 Å². The summed E-state index contributed by atoms with van der Waals surface area (Å²) in [5, 5.41) is 3.43. The Bertz CT molecular complexity index is 591. The molecule has 2 atom stereocenters. The predicted molar refractivity (Wildman–Crippen MR) is 92.3 cm³/mol. The van der Waals surface area contributed by atoms with E-state index in [2.05, 4.69) is 41.4 Å². The molecule has 2 saturated heterocycles. The Morgan fingerprint density at radius 2 is 2.09 bits per heavy atom. The third-order valence-corrected chi connectivity index (χ3v) is 6.46. The molecule has 2 aliphatic heterocycles. The topological polar surface area (TPSA) is 32.3 Å². The van der Waals surface area contributed by atoms with Crippen LogP contribution >= 0.6 is 0 Å². The van der Waals surface area contributed by atoms with Crippen molar-refractivity contribution in [2.24, 2.45) is 11.3 Å². The summed E-state index contributed by atoms with van der Waals surface area (Å²) in [6.45, 7) is 5.34. The van der Waals surface area contributed by atoms with Crippen molar-refractivity contribution in [2.75, 3.05) is 19.6 Å². The maximum atomic E-state index is 13.1. The normalized spacial score (nSPS) is 29.0. The van der Waals surface area contributed by atoms with Crippen molar-refractivity contribution in [3.63, 3.8) is 0 Å². The van der Waals surface area contributed by atoms with Gasteiger partial charge >= 0.3 is 0 Å². The maximum absolute atomic E-state index is 13.1. The number of hydrogen-bond acceptors (Lipinski definition) is 2. The summed E-state index contributed by atoms with van der Waals surface area (Å²) >= 11 is 0. The zero-order valence-electron chi connectivity index (χ0n) is 14.2. The monoisotopic (exact) mass is 312 g/mol. The standard InChI is InChI=1S/C20H28N2O/c1-15-5-2-3-6-16(15)13-17-7-4-12-22(17)19(23)18-14-20(18)8-10-21-11-9-20/h2-3,5-6,17-18,21H,4,7-14H2,1H3. The lowest BCUT2D eigenvalue weighted by Crippen LogP contribution is -2.40. The van der Waals surface area contributed by atoms with Crippen LogP contribution in [0.5, 0.6) is 0 Å². The van der Waals surface area contributed by atoms with E-state index in [1.807, 2.05) is 0 Å². The van der Waals surface area contributed by atoms with Crippen molar-refractivity contribution in [1.29, 1.82) is 0 Å². The highest BCUT2D eigenvalue weighted by atomic mass is 16.2. The van der Waals surface area contributed by atoms with E-state index in [1.165, 1.54) is 36.8 Å². The molecule has 3 fully saturated rings. The number of hydrogen-bond donors (Lipinski definition) is 1. The Morgan fingerprint density at radius 1 is 1.30 bits per heavy atom. The van der Waals surface area contributed by atoms with Crippen LogP contribution in [0.2, 0.25) is 0 Å². The van der Waals surface area contributed by atoms with Gasteiger partial charge < -0.3 is 10.2 Å². The number of piperidine rings is 1. The molecule has 4 rings (SSSR count). The largest absolute Gasteiger partial charge is 0.339 e. The first-order valence-electron chi connectivity index (χ1n) is 9.25. The van der Waals surface area contributed by atoms with E-state index in [-0.39, 0.29) is 0 Å². The average Bonchev–Trinajstić information content (AvgIpc) is 3.04. The number of nitrogens with zero attached hydrogens (tertiary/aromatic N) is 1. The molecule has 3 aliphatic rings. The van der Waals surface area contributed by atoms with Crippen molar-refractivity contribution in [3.8, 4) is 0 Å². The molecule has 1 saturated carbocycles. The van der Waals surface area contributed by atoms with E-state index < -0.39 is 0 Å². The number of nitrogens with one attached hydrogen (secondary N) is 1. The van der Waals surface area contributed by atoms with Crippen molar-refractivity contribution < 1.29 is 4.79 Å². The molecule has 0 aromatic heterocycles. The molecule has 1 amide bonds. The zero-order valence-corrected chi connectivity index (χ0v) is 14.2. The molecular formula is C20H28N2O. The number of benzene rings is 1. The van der Waals surface area contributed by atoms with Crippen molar-refractivity contribution in [3.05, 3.63) is 35.4 Å². The minimum absolute atomic E-state index is 0.321. The van der Waals surface area contributed by atoms with Gasteiger partial charge in [-0.2, -0.15) is 0 Å². The van der Waals surface area contributed by atoms with Crippen LogP contribution in [0.4, 0.5) is 0 Å². The molecule has 3 nitrogen and oxygen atoms in total. The van der Waals surface area contributed by atoms with Crippen LogP contribution < -0.4 is 5.32 Å². The smallest absolute Gasteiger partial charge is 0.226 e. The lowest BCUT2D eigenvalue weighted by Gasteiger charge is -2.28. The van der Waals surface area contributed by atoms with E-state index in [1.54, 1.807) is 0 Å². The quantitative estimate of drug-likeness (QED) is 0.931. The van der Waals surface area contributed by atoms with Crippen molar-refractivity contribution >= 4 is 5.91 Å². The van der Waals surface area contributed by atoms with E-state index in [4.69, 9.17) is 0 Å². The summed E-state index contributed by atoms with van der Waals surface area (Å²) in [7, 11) is 0. The van der Waals surface area contributed by atoms with Gasteiger partial charge in [-0.25, -0.2) is 0 Å². The molecule has 1 spiro atoms. The number of rotatable bonds is 3. The molecule has 1 aromatic carbocycles. The van der Waals surface area contributed by atoms with Crippen molar-refractivity contribution in [2.45, 2.75) is 51.5 Å². The van der Waals surface area contributed by atoms with Crippen LogP contribution in [0.15, 0.2) is 24.3 Å². The van der Waals surface area contributed by atoms with E-state index in [0.29, 0.717) is 23.3 Å². The summed E-state index contributed by atoms with van der Waals surface area (Å²) < 4.78 is 0. The second-order valence-corrected chi connectivity index (χ2v) is 7.83.